The van der Waals surface area contributed by atoms with Crippen molar-refractivity contribution in [2.24, 2.45) is 0 Å². The van der Waals surface area contributed by atoms with Gasteiger partial charge in [-0.05, 0) is 11.6 Å². The summed E-state index contributed by atoms with van der Waals surface area (Å²) in [4.78, 5) is 0. The van der Waals surface area contributed by atoms with Gasteiger partial charge in [0.2, 0.25) is 0 Å². The van der Waals surface area contributed by atoms with Crippen molar-refractivity contribution in [2.45, 2.75) is 0 Å². The zero-order chi connectivity index (χ0) is 10.7. The second-order valence-electron chi connectivity index (χ2n) is 3.18. The predicted octanol–water partition coefficient (Wildman–Crippen LogP) is 3.47. The van der Waals surface area contributed by atoms with Gasteiger partial charge in [-0.15, -0.1) is 6.42 Å². The van der Waals surface area contributed by atoms with Crippen molar-refractivity contribution >= 4 is 0 Å². The first-order valence-electron chi connectivity index (χ1n) is 4.63. The summed E-state index contributed by atoms with van der Waals surface area (Å²) in [5.74, 6) is 2.00. The molecule has 1 heteroatoms. The number of benzene rings is 2. The quantitative estimate of drug-likeness (QED) is 0.612. The standard InChI is InChI=1S/C14H9F/c1-2-11-9-6-10-13(14(11)15)12-7-4-3-5-8-12/h1,3-10H. The van der Waals surface area contributed by atoms with Gasteiger partial charge in [-0.1, -0.05) is 48.4 Å². The summed E-state index contributed by atoms with van der Waals surface area (Å²) in [6.07, 6.45) is 5.21. The average molecular weight is 196 g/mol. The van der Waals surface area contributed by atoms with Gasteiger partial charge >= 0.3 is 0 Å². The fourth-order valence-electron chi connectivity index (χ4n) is 1.48. The molecule has 0 saturated carbocycles. The lowest BCUT2D eigenvalue weighted by Gasteiger charge is -2.04. The number of hydrogen-bond acceptors (Lipinski definition) is 0. The molecule has 2 aromatic carbocycles. The van der Waals surface area contributed by atoms with Gasteiger partial charge in [-0.2, -0.15) is 0 Å². The predicted molar refractivity (Wildman–Crippen MR) is 59.8 cm³/mol. The van der Waals surface area contributed by atoms with Crippen LogP contribution in [0.5, 0.6) is 0 Å². The van der Waals surface area contributed by atoms with Crippen LogP contribution in [0.1, 0.15) is 5.56 Å². The number of halogens is 1. The highest BCUT2D eigenvalue weighted by atomic mass is 19.1. The minimum absolute atomic E-state index is 0.302. The Morgan fingerprint density at radius 2 is 1.67 bits per heavy atom. The third-order valence-electron chi connectivity index (χ3n) is 2.24. The van der Waals surface area contributed by atoms with Crippen LogP contribution in [0.4, 0.5) is 4.39 Å². The second-order valence-corrected chi connectivity index (χ2v) is 3.18. The van der Waals surface area contributed by atoms with E-state index in [0.717, 1.165) is 5.56 Å². The van der Waals surface area contributed by atoms with E-state index in [1.165, 1.54) is 0 Å². The summed E-state index contributed by atoms with van der Waals surface area (Å²) >= 11 is 0. The van der Waals surface area contributed by atoms with Gasteiger partial charge in [0.05, 0.1) is 5.56 Å². The Bertz CT molecular complexity index is 507. The molecule has 0 aliphatic carbocycles. The molecule has 0 radical (unpaired) electrons. The molecule has 0 atom stereocenters. The second kappa shape index (κ2) is 3.98. The summed E-state index contributed by atoms with van der Waals surface area (Å²) in [5, 5.41) is 0. The van der Waals surface area contributed by atoms with Crippen LogP contribution >= 0.6 is 0 Å². The van der Waals surface area contributed by atoms with Crippen molar-refractivity contribution in [3.8, 4) is 23.5 Å². The normalized spacial score (nSPS) is 9.60. The topological polar surface area (TPSA) is 0 Å². The zero-order valence-electron chi connectivity index (χ0n) is 8.07. The maximum absolute atomic E-state index is 13.8. The summed E-state index contributed by atoms with van der Waals surface area (Å²) in [6.45, 7) is 0. The summed E-state index contributed by atoms with van der Waals surface area (Å²) in [5.41, 5.74) is 1.69. The molecule has 0 aliphatic heterocycles. The van der Waals surface area contributed by atoms with Gasteiger partial charge in [-0.3, -0.25) is 0 Å². The highest BCUT2D eigenvalue weighted by molar-refractivity contribution is 5.66. The third-order valence-corrected chi connectivity index (χ3v) is 2.24. The van der Waals surface area contributed by atoms with E-state index in [1.807, 2.05) is 30.3 Å². The Hall–Kier alpha value is -2.07. The van der Waals surface area contributed by atoms with Gasteiger partial charge in [0, 0.05) is 5.56 Å². The van der Waals surface area contributed by atoms with E-state index in [4.69, 9.17) is 6.42 Å². The van der Waals surface area contributed by atoms with Crippen LogP contribution in [0, 0.1) is 18.2 Å². The molecule has 0 fully saturated rings. The van der Waals surface area contributed by atoms with Gasteiger partial charge in [0.1, 0.15) is 5.82 Å². The van der Waals surface area contributed by atoms with Gasteiger partial charge < -0.3 is 0 Å². The Kier molecular flexibility index (Phi) is 2.51. The monoisotopic (exact) mass is 196 g/mol. The molecule has 0 amide bonds. The van der Waals surface area contributed by atoms with Crippen LogP contribution in [0.3, 0.4) is 0 Å². The minimum atomic E-state index is -0.328. The van der Waals surface area contributed by atoms with Gasteiger partial charge in [0.15, 0.2) is 0 Å². The molecule has 72 valence electrons. The van der Waals surface area contributed by atoms with Crippen LogP contribution in [-0.2, 0) is 0 Å². The molecule has 0 bridgehead atoms. The van der Waals surface area contributed by atoms with E-state index < -0.39 is 0 Å². The van der Waals surface area contributed by atoms with Crippen molar-refractivity contribution in [2.75, 3.05) is 0 Å². The Labute approximate surface area is 88.4 Å². The first kappa shape index (κ1) is 9.48. The van der Waals surface area contributed by atoms with Crippen molar-refractivity contribution in [1.29, 1.82) is 0 Å². The van der Waals surface area contributed by atoms with Crippen LogP contribution in [0.15, 0.2) is 48.5 Å². The third kappa shape index (κ3) is 1.75. The maximum Gasteiger partial charge on any atom is 0.146 e. The molecule has 0 heterocycles. The van der Waals surface area contributed by atoms with E-state index in [-0.39, 0.29) is 5.82 Å². The molecule has 0 aliphatic rings. The van der Waals surface area contributed by atoms with E-state index >= 15 is 0 Å². The SMILES string of the molecule is C#Cc1cccc(-c2ccccc2)c1F. The molecule has 2 aromatic rings. The lowest BCUT2D eigenvalue weighted by molar-refractivity contribution is 0.628. The average Bonchev–Trinajstić information content (AvgIpc) is 2.30. The smallest absolute Gasteiger partial charge is 0.146 e. The highest BCUT2D eigenvalue weighted by Gasteiger charge is 2.07. The molecule has 0 nitrogen and oxygen atoms in total. The van der Waals surface area contributed by atoms with E-state index in [1.54, 1.807) is 18.2 Å². The lowest BCUT2D eigenvalue weighted by Crippen LogP contribution is -1.88. The molecular formula is C14H9F. The number of hydrogen-bond donors (Lipinski definition) is 0. The van der Waals surface area contributed by atoms with Crippen molar-refractivity contribution in [3.05, 3.63) is 59.9 Å². The fourth-order valence-corrected chi connectivity index (χ4v) is 1.48. The van der Waals surface area contributed by atoms with E-state index in [0.29, 0.717) is 11.1 Å². The Morgan fingerprint density at radius 3 is 2.33 bits per heavy atom. The molecule has 0 aromatic heterocycles. The van der Waals surface area contributed by atoms with Crippen molar-refractivity contribution in [3.63, 3.8) is 0 Å². The highest BCUT2D eigenvalue weighted by Crippen LogP contribution is 2.24. The first-order chi connectivity index (χ1) is 7.33. The number of rotatable bonds is 1. The van der Waals surface area contributed by atoms with Crippen LogP contribution < -0.4 is 0 Å². The molecule has 0 N–H and O–H groups in total. The van der Waals surface area contributed by atoms with Gasteiger partial charge in [-0.25, -0.2) is 4.39 Å². The van der Waals surface area contributed by atoms with E-state index in [2.05, 4.69) is 5.92 Å². The molecule has 0 spiro atoms. The number of terminal acetylenes is 1. The van der Waals surface area contributed by atoms with E-state index in [9.17, 15) is 4.39 Å². The van der Waals surface area contributed by atoms with Crippen molar-refractivity contribution in [1.82, 2.24) is 0 Å². The summed E-state index contributed by atoms with van der Waals surface area (Å²) in [7, 11) is 0. The minimum Gasteiger partial charge on any atom is -0.205 e. The molecule has 15 heavy (non-hydrogen) atoms. The summed E-state index contributed by atoms with van der Waals surface area (Å²) < 4.78 is 13.8. The Morgan fingerprint density at radius 1 is 0.933 bits per heavy atom. The largest absolute Gasteiger partial charge is 0.205 e. The van der Waals surface area contributed by atoms with Gasteiger partial charge in [0.25, 0.3) is 0 Å². The zero-order valence-corrected chi connectivity index (χ0v) is 8.07. The van der Waals surface area contributed by atoms with Crippen molar-refractivity contribution < 1.29 is 4.39 Å². The van der Waals surface area contributed by atoms with Crippen LogP contribution in [0.2, 0.25) is 0 Å². The fraction of sp³-hybridized carbons (Fsp3) is 0. The molecule has 2 rings (SSSR count). The first-order valence-corrected chi connectivity index (χ1v) is 4.63. The maximum atomic E-state index is 13.8. The Balaban J connectivity index is 2.61. The lowest BCUT2D eigenvalue weighted by atomic mass is 10.0. The summed E-state index contributed by atoms with van der Waals surface area (Å²) in [6, 6.07) is 14.5. The van der Waals surface area contributed by atoms with Crippen LogP contribution in [0.25, 0.3) is 11.1 Å². The molecule has 0 saturated heterocycles. The van der Waals surface area contributed by atoms with Crippen LogP contribution in [-0.4, -0.2) is 0 Å². The molecular weight excluding hydrogens is 187 g/mol. The molecule has 0 unspecified atom stereocenters.